The van der Waals surface area contributed by atoms with Gasteiger partial charge in [-0.15, -0.1) is 0 Å². The summed E-state index contributed by atoms with van der Waals surface area (Å²) in [6.07, 6.45) is 2.46. The van der Waals surface area contributed by atoms with Crippen molar-refractivity contribution < 1.29 is 9.13 Å². The molecule has 4 heteroatoms. The molecule has 1 atom stereocenters. The van der Waals surface area contributed by atoms with Gasteiger partial charge in [0, 0.05) is 31.4 Å². The van der Waals surface area contributed by atoms with E-state index in [4.69, 9.17) is 4.74 Å². The summed E-state index contributed by atoms with van der Waals surface area (Å²) in [5.74, 6) is -0.171. The molecule has 2 rings (SSSR count). The van der Waals surface area contributed by atoms with Gasteiger partial charge in [-0.25, -0.2) is 4.39 Å². The number of benzene rings is 1. The second-order valence-electron chi connectivity index (χ2n) is 5.36. The molecule has 1 fully saturated rings. The molecule has 20 heavy (non-hydrogen) atoms. The summed E-state index contributed by atoms with van der Waals surface area (Å²) in [6.45, 7) is 6.83. The van der Waals surface area contributed by atoms with Crippen LogP contribution in [0.5, 0.6) is 0 Å². The Morgan fingerprint density at radius 1 is 1.40 bits per heavy atom. The zero-order valence-corrected chi connectivity index (χ0v) is 12.7. The maximum Gasteiger partial charge on any atom is 0.123 e. The van der Waals surface area contributed by atoms with Crippen LogP contribution >= 0.6 is 0 Å². The Hall–Kier alpha value is -1.13. The highest BCUT2D eigenvalue weighted by molar-refractivity contribution is 5.55. The van der Waals surface area contributed by atoms with Crippen molar-refractivity contribution in [2.75, 3.05) is 31.6 Å². The Morgan fingerprint density at radius 3 is 2.70 bits per heavy atom. The van der Waals surface area contributed by atoms with E-state index in [1.807, 2.05) is 20.0 Å². The number of halogens is 1. The Kier molecular flexibility index (Phi) is 5.38. The van der Waals surface area contributed by atoms with Crippen molar-refractivity contribution in [3.8, 4) is 0 Å². The number of hydrogen-bond acceptors (Lipinski definition) is 3. The van der Waals surface area contributed by atoms with Crippen molar-refractivity contribution in [1.29, 1.82) is 0 Å². The smallest absolute Gasteiger partial charge is 0.123 e. The van der Waals surface area contributed by atoms with Crippen molar-refractivity contribution >= 4 is 5.69 Å². The topological polar surface area (TPSA) is 24.5 Å². The lowest BCUT2D eigenvalue weighted by Crippen LogP contribution is -2.38. The van der Waals surface area contributed by atoms with Crippen molar-refractivity contribution in [2.24, 2.45) is 0 Å². The molecule has 1 aromatic carbocycles. The summed E-state index contributed by atoms with van der Waals surface area (Å²) < 4.78 is 19.2. The van der Waals surface area contributed by atoms with Crippen LogP contribution in [-0.4, -0.2) is 32.8 Å². The Balaban J connectivity index is 2.13. The van der Waals surface area contributed by atoms with E-state index in [9.17, 15) is 4.39 Å². The van der Waals surface area contributed by atoms with Crippen LogP contribution in [0.15, 0.2) is 18.2 Å². The highest BCUT2D eigenvalue weighted by Gasteiger charge is 2.22. The Morgan fingerprint density at radius 2 is 2.10 bits per heavy atom. The van der Waals surface area contributed by atoms with E-state index in [1.54, 1.807) is 12.1 Å². The predicted molar refractivity (Wildman–Crippen MR) is 80.7 cm³/mol. The van der Waals surface area contributed by atoms with Gasteiger partial charge in [0.15, 0.2) is 0 Å². The fraction of sp³-hybridized carbons (Fsp3) is 0.625. The monoisotopic (exact) mass is 280 g/mol. The Labute approximate surface area is 121 Å². The van der Waals surface area contributed by atoms with E-state index in [0.717, 1.165) is 43.8 Å². The lowest BCUT2D eigenvalue weighted by atomic mass is 10.0. The number of nitrogens with zero attached hydrogens (tertiary/aromatic N) is 1. The zero-order chi connectivity index (χ0) is 14.5. The van der Waals surface area contributed by atoms with Gasteiger partial charge >= 0.3 is 0 Å². The van der Waals surface area contributed by atoms with Gasteiger partial charge < -0.3 is 15.0 Å². The van der Waals surface area contributed by atoms with Crippen LogP contribution in [0.2, 0.25) is 0 Å². The standard InChI is InChI=1S/C16H25FN2O/c1-4-20-14-7-9-19(10-8-14)16-6-5-13(17)11-15(16)12(2)18-3/h5-6,11-12,14,18H,4,7-10H2,1-3H3. The lowest BCUT2D eigenvalue weighted by molar-refractivity contribution is 0.0459. The third-order valence-corrected chi connectivity index (χ3v) is 4.07. The molecular formula is C16H25FN2O. The average molecular weight is 280 g/mol. The van der Waals surface area contributed by atoms with Gasteiger partial charge in [-0.2, -0.15) is 0 Å². The van der Waals surface area contributed by atoms with Crippen molar-refractivity contribution in [3.05, 3.63) is 29.6 Å². The average Bonchev–Trinajstić information content (AvgIpc) is 2.47. The predicted octanol–water partition coefficient (Wildman–Crippen LogP) is 3.11. The van der Waals surface area contributed by atoms with Crippen LogP contribution in [-0.2, 0) is 4.74 Å². The first-order chi connectivity index (χ1) is 9.65. The second kappa shape index (κ2) is 7.04. The van der Waals surface area contributed by atoms with Gasteiger partial charge in [0.25, 0.3) is 0 Å². The van der Waals surface area contributed by atoms with E-state index in [2.05, 4.69) is 17.1 Å². The fourth-order valence-corrected chi connectivity index (χ4v) is 2.81. The fourth-order valence-electron chi connectivity index (χ4n) is 2.81. The first kappa shape index (κ1) is 15.3. The molecule has 0 aliphatic carbocycles. The van der Waals surface area contributed by atoms with Gasteiger partial charge in [-0.05, 0) is 57.5 Å². The van der Waals surface area contributed by atoms with E-state index in [-0.39, 0.29) is 11.9 Å². The van der Waals surface area contributed by atoms with Crippen LogP contribution in [0.3, 0.4) is 0 Å². The van der Waals surface area contributed by atoms with Crippen molar-refractivity contribution in [2.45, 2.75) is 38.8 Å². The molecule has 1 saturated heterocycles. The SMILES string of the molecule is CCOC1CCN(c2ccc(F)cc2C(C)NC)CC1. The van der Waals surface area contributed by atoms with E-state index >= 15 is 0 Å². The molecule has 1 aromatic rings. The molecule has 0 aromatic heterocycles. The van der Waals surface area contributed by atoms with Crippen LogP contribution in [0, 0.1) is 5.82 Å². The maximum atomic E-state index is 13.5. The van der Waals surface area contributed by atoms with Crippen molar-refractivity contribution in [3.63, 3.8) is 0 Å². The molecular weight excluding hydrogens is 255 g/mol. The minimum absolute atomic E-state index is 0.144. The Bertz CT molecular complexity index is 430. The molecule has 0 bridgehead atoms. The molecule has 3 nitrogen and oxygen atoms in total. The lowest BCUT2D eigenvalue weighted by Gasteiger charge is -2.35. The molecule has 112 valence electrons. The number of hydrogen-bond donors (Lipinski definition) is 1. The van der Waals surface area contributed by atoms with Crippen molar-refractivity contribution in [1.82, 2.24) is 5.32 Å². The van der Waals surface area contributed by atoms with Gasteiger partial charge in [0.1, 0.15) is 5.82 Å². The maximum absolute atomic E-state index is 13.5. The molecule has 0 radical (unpaired) electrons. The van der Waals surface area contributed by atoms with E-state index < -0.39 is 0 Å². The molecule has 0 spiro atoms. The minimum Gasteiger partial charge on any atom is -0.378 e. The minimum atomic E-state index is -0.171. The number of piperidine rings is 1. The highest BCUT2D eigenvalue weighted by atomic mass is 19.1. The summed E-state index contributed by atoms with van der Waals surface area (Å²) in [6, 6.07) is 5.24. The molecule has 1 aliphatic heterocycles. The normalized spacial score (nSPS) is 18.3. The van der Waals surface area contributed by atoms with Gasteiger partial charge in [-0.1, -0.05) is 0 Å². The summed E-state index contributed by atoms with van der Waals surface area (Å²) in [5, 5.41) is 3.20. The zero-order valence-electron chi connectivity index (χ0n) is 12.7. The van der Waals surface area contributed by atoms with Gasteiger partial charge in [0.2, 0.25) is 0 Å². The van der Waals surface area contributed by atoms with Gasteiger partial charge in [0.05, 0.1) is 6.10 Å². The largest absolute Gasteiger partial charge is 0.378 e. The third kappa shape index (κ3) is 3.49. The number of nitrogens with one attached hydrogen (secondary N) is 1. The number of anilines is 1. The number of rotatable bonds is 5. The molecule has 1 heterocycles. The van der Waals surface area contributed by atoms with Crippen LogP contribution < -0.4 is 10.2 Å². The van der Waals surface area contributed by atoms with E-state index in [0.29, 0.717) is 6.10 Å². The molecule has 1 N–H and O–H groups in total. The summed E-state index contributed by atoms with van der Waals surface area (Å²) in [4.78, 5) is 2.35. The van der Waals surface area contributed by atoms with Crippen LogP contribution in [0.1, 0.15) is 38.3 Å². The summed E-state index contributed by atoms with van der Waals surface area (Å²) in [7, 11) is 1.90. The van der Waals surface area contributed by atoms with Crippen LogP contribution in [0.25, 0.3) is 0 Å². The highest BCUT2D eigenvalue weighted by Crippen LogP contribution is 2.29. The quantitative estimate of drug-likeness (QED) is 0.897. The first-order valence-electron chi connectivity index (χ1n) is 7.49. The third-order valence-electron chi connectivity index (χ3n) is 4.07. The molecule has 1 unspecified atom stereocenters. The van der Waals surface area contributed by atoms with E-state index in [1.165, 1.54) is 0 Å². The molecule has 0 amide bonds. The second-order valence-corrected chi connectivity index (χ2v) is 5.36. The first-order valence-corrected chi connectivity index (χ1v) is 7.49. The summed E-state index contributed by atoms with van der Waals surface area (Å²) >= 11 is 0. The molecule has 1 aliphatic rings. The summed E-state index contributed by atoms with van der Waals surface area (Å²) in [5.41, 5.74) is 2.17. The molecule has 0 saturated carbocycles. The number of ether oxygens (including phenoxy) is 1. The van der Waals surface area contributed by atoms with Crippen LogP contribution in [0.4, 0.5) is 10.1 Å². The van der Waals surface area contributed by atoms with Gasteiger partial charge in [-0.3, -0.25) is 0 Å².